The number of hydrogen-bond acceptors (Lipinski definition) is 3. The van der Waals surface area contributed by atoms with Crippen LogP contribution in [0, 0.1) is 13.8 Å². The maximum Gasteiger partial charge on any atom is 0.169 e. The number of benzene rings is 2. The number of hydrogen-bond donors (Lipinski definition) is 3. The van der Waals surface area contributed by atoms with Gasteiger partial charge in [-0.1, -0.05) is 24.3 Å². The van der Waals surface area contributed by atoms with E-state index in [1.165, 1.54) is 6.07 Å². The van der Waals surface area contributed by atoms with Gasteiger partial charge in [-0.15, -0.1) is 0 Å². The molecule has 0 amide bonds. The van der Waals surface area contributed by atoms with Gasteiger partial charge in [0.25, 0.3) is 0 Å². The summed E-state index contributed by atoms with van der Waals surface area (Å²) < 4.78 is 0. The first kappa shape index (κ1) is 11.3. The fourth-order valence-electron chi connectivity index (χ4n) is 1.89. The Morgan fingerprint density at radius 1 is 0.824 bits per heavy atom. The van der Waals surface area contributed by atoms with Crippen molar-refractivity contribution in [2.45, 2.75) is 13.8 Å². The van der Waals surface area contributed by atoms with Crippen molar-refractivity contribution >= 4 is 0 Å². The van der Waals surface area contributed by atoms with Crippen molar-refractivity contribution in [1.29, 1.82) is 0 Å². The highest BCUT2D eigenvalue weighted by Gasteiger charge is 2.17. The third-order valence-electron chi connectivity index (χ3n) is 2.86. The Hall–Kier alpha value is -2.16. The first-order chi connectivity index (χ1) is 8.02. The van der Waals surface area contributed by atoms with Gasteiger partial charge >= 0.3 is 0 Å². The molecule has 0 aliphatic carbocycles. The maximum absolute atomic E-state index is 10.0. The summed E-state index contributed by atoms with van der Waals surface area (Å²) in [5.74, 6) is -0.518. The molecule has 0 bridgehead atoms. The van der Waals surface area contributed by atoms with Crippen LogP contribution in [-0.4, -0.2) is 15.3 Å². The summed E-state index contributed by atoms with van der Waals surface area (Å²) in [6, 6.07) is 8.71. The summed E-state index contributed by atoms with van der Waals surface area (Å²) in [4.78, 5) is 0. The van der Waals surface area contributed by atoms with Gasteiger partial charge in [0.05, 0.1) is 5.56 Å². The van der Waals surface area contributed by atoms with Crippen molar-refractivity contribution in [2.75, 3.05) is 0 Å². The maximum atomic E-state index is 10.0. The van der Waals surface area contributed by atoms with Gasteiger partial charge in [0.15, 0.2) is 11.5 Å². The highest BCUT2D eigenvalue weighted by atomic mass is 16.3. The number of phenolic OH excluding ortho intramolecular Hbond substituents is 3. The molecule has 0 radical (unpaired) electrons. The normalized spacial score (nSPS) is 10.5. The highest BCUT2D eigenvalue weighted by Crippen LogP contribution is 2.45. The molecule has 88 valence electrons. The summed E-state index contributed by atoms with van der Waals surface area (Å²) in [7, 11) is 0. The van der Waals surface area contributed by atoms with Crippen molar-refractivity contribution in [3.05, 3.63) is 41.5 Å². The zero-order chi connectivity index (χ0) is 12.6. The summed E-state index contributed by atoms with van der Waals surface area (Å²) in [5, 5.41) is 29.5. The van der Waals surface area contributed by atoms with E-state index in [1.54, 1.807) is 13.0 Å². The molecule has 17 heavy (non-hydrogen) atoms. The van der Waals surface area contributed by atoms with E-state index in [0.29, 0.717) is 11.1 Å². The molecule has 0 heterocycles. The van der Waals surface area contributed by atoms with Crippen LogP contribution in [0.3, 0.4) is 0 Å². The second-order valence-corrected chi connectivity index (χ2v) is 4.10. The molecule has 2 aromatic rings. The van der Waals surface area contributed by atoms with E-state index in [-0.39, 0.29) is 22.8 Å². The molecule has 0 aromatic heterocycles. The van der Waals surface area contributed by atoms with Crippen LogP contribution in [0.15, 0.2) is 30.3 Å². The predicted molar refractivity (Wildman–Crippen MR) is 66.3 cm³/mol. The van der Waals surface area contributed by atoms with E-state index in [4.69, 9.17) is 0 Å². The molecule has 0 unspecified atom stereocenters. The Labute approximate surface area is 99.6 Å². The van der Waals surface area contributed by atoms with E-state index in [1.807, 2.05) is 25.1 Å². The highest BCUT2D eigenvalue weighted by molar-refractivity contribution is 5.82. The lowest BCUT2D eigenvalue weighted by atomic mass is 9.96. The van der Waals surface area contributed by atoms with E-state index in [0.717, 1.165) is 5.56 Å². The molecule has 3 heteroatoms. The van der Waals surface area contributed by atoms with Crippen LogP contribution in [0.5, 0.6) is 17.2 Å². The van der Waals surface area contributed by atoms with Crippen LogP contribution in [0.25, 0.3) is 11.1 Å². The largest absolute Gasteiger partial charge is 0.507 e. The van der Waals surface area contributed by atoms with Gasteiger partial charge in [0.1, 0.15) is 5.75 Å². The van der Waals surface area contributed by atoms with Gasteiger partial charge in [-0.05, 0) is 36.6 Å². The molecular weight excluding hydrogens is 216 g/mol. The minimum atomic E-state index is -0.289. The Morgan fingerprint density at radius 3 is 2.12 bits per heavy atom. The minimum Gasteiger partial charge on any atom is -0.507 e. The van der Waals surface area contributed by atoms with Crippen LogP contribution in [0.1, 0.15) is 11.1 Å². The lowest BCUT2D eigenvalue weighted by molar-refractivity contribution is 0.397. The number of aryl methyl sites for hydroxylation is 2. The fraction of sp³-hybridized carbons (Fsp3) is 0.143. The zero-order valence-corrected chi connectivity index (χ0v) is 9.73. The molecule has 0 saturated carbocycles. The molecule has 3 nitrogen and oxygen atoms in total. The van der Waals surface area contributed by atoms with Gasteiger partial charge in [0, 0.05) is 0 Å². The lowest BCUT2D eigenvalue weighted by Crippen LogP contribution is -1.87. The molecule has 0 fully saturated rings. The Bertz CT molecular complexity index is 548. The molecule has 0 aliphatic heterocycles. The van der Waals surface area contributed by atoms with Gasteiger partial charge in [-0.25, -0.2) is 0 Å². The van der Waals surface area contributed by atoms with Crippen molar-refractivity contribution in [3.8, 4) is 28.4 Å². The second-order valence-electron chi connectivity index (χ2n) is 4.10. The quantitative estimate of drug-likeness (QED) is 0.521. The van der Waals surface area contributed by atoms with E-state index in [9.17, 15) is 15.3 Å². The summed E-state index contributed by atoms with van der Waals surface area (Å²) in [6.07, 6.45) is 0. The van der Waals surface area contributed by atoms with Crippen LogP contribution in [0.4, 0.5) is 0 Å². The first-order valence-corrected chi connectivity index (χ1v) is 5.33. The topological polar surface area (TPSA) is 60.7 Å². The molecule has 0 spiro atoms. The molecule has 0 atom stereocenters. The number of phenols is 3. The van der Waals surface area contributed by atoms with Crippen molar-refractivity contribution in [2.24, 2.45) is 0 Å². The van der Waals surface area contributed by atoms with Crippen LogP contribution >= 0.6 is 0 Å². The third-order valence-corrected chi connectivity index (χ3v) is 2.86. The van der Waals surface area contributed by atoms with Gasteiger partial charge in [-0.2, -0.15) is 0 Å². The second kappa shape index (κ2) is 4.01. The van der Waals surface area contributed by atoms with Gasteiger partial charge < -0.3 is 15.3 Å². The average Bonchev–Trinajstić information content (AvgIpc) is 2.29. The monoisotopic (exact) mass is 230 g/mol. The van der Waals surface area contributed by atoms with Crippen molar-refractivity contribution in [1.82, 2.24) is 0 Å². The van der Waals surface area contributed by atoms with Gasteiger partial charge in [0.2, 0.25) is 0 Å². The van der Waals surface area contributed by atoms with Crippen molar-refractivity contribution < 1.29 is 15.3 Å². The number of rotatable bonds is 1. The molecule has 0 aliphatic rings. The van der Waals surface area contributed by atoms with Crippen molar-refractivity contribution in [3.63, 3.8) is 0 Å². The molecule has 3 N–H and O–H groups in total. The third kappa shape index (κ3) is 1.80. The Kier molecular flexibility index (Phi) is 2.68. The van der Waals surface area contributed by atoms with E-state index >= 15 is 0 Å². The summed E-state index contributed by atoms with van der Waals surface area (Å²) in [5.41, 5.74) is 2.43. The minimum absolute atomic E-state index is 0.00500. The van der Waals surface area contributed by atoms with Crippen LogP contribution < -0.4 is 0 Å². The molecular formula is C14H14O3. The van der Waals surface area contributed by atoms with Crippen LogP contribution in [0.2, 0.25) is 0 Å². The van der Waals surface area contributed by atoms with Crippen LogP contribution in [-0.2, 0) is 0 Å². The predicted octanol–water partition coefficient (Wildman–Crippen LogP) is 3.09. The average molecular weight is 230 g/mol. The van der Waals surface area contributed by atoms with E-state index < -0.39 is 0 Å². The lowest BCUT2D eigenvalue weighted by Gasteiger charge is -2.13. The van der Waals surface area contributed by atoms with Gasteiger partial charge in [-0.3, -0.25) is 0 Å². The fourth-order valence-corrected chi connectivity index (χ4v) is 1.89. The zero-order valence-electron chi connectivity index (χ0n) is 9.73. The molecule has 2 rings (SSSR count). The Morgan fingerprint density at radius 2 is 1.47 bits per heavy atom. The molecule has 2 aromatic carbocycles. The number of aromatic hydroxyl groups is 3. The smallest absolute Gasteiger partial charge is 0.169 e. The summed E-state index contributed by atoms with van der Waals surface area (Å²) in [6.45, 7) is 3.56. The summed E-state index contributed by atoms with van der Waals surface area (Å²) >= 11 is 0. The first-order valence-electron chi connectivity index (χ1n) is 5.33. The standard InChI is InChI=1S/C14H14O3/c1-8-5-3-4-6-10(8)12-13(16)9(2)7-11(15)14(12)17/h3-7,15-17H,1-2H3. The van der Waals surface area contributed by atoms with E-state index in [2.05, 4.69) is 0 Å². The molecule has 0 saturated heterocycles. The SMILES string of the molecule is Cc1ccccc1-c1c(O)c(C)cc(O)c1O. The Balaban J connectivity index is 2.80.